The third-order valence-corrected chi connectivity index (χ3v) is 2.44. The summed E-state index contributed by atoms with van der Waals surface area (Å²) in [5.74, 6) is 0. The van der Waals surface area contributed by atoms with Gasteiger partial charge in [-0.3, -0.25) is 0 Å². The van der Waals surface area contributed by atoms with Gasteiger partial charge >= 0.3 is 0 Å². The highest BCUT2D eigenvalue weighted by Gasteiger charge is 2.05. The fraction of sp³-hybridized carbons (Fsp3) is 0.0769. The summed E-state index contributed by atoms with van der Waals surface area (Å²) in [5.41, 5.74) is 3.10. The summed E-state index contributed by atoms with van der Waals surface area (Å²) >= 11 is 0. The van der Waals surface area contributed by atoms with Crippen molar-refractivity contribution in [2.45, 2.75) is 6.92 Å². The van der Waals surface area contributed by atoms with Crippen molar-refractivity contribution >= 4 is 21.9 Å². The Morgan fingerprint density at radius 1 is 1.14 bits per heavy atom. The van der Waals surface area contributed by atoms with Gasteiger partial charge in [0.05, 0.1) is 0 Å². The van der Waals surface area contributed by atoms with Crippen molar-refractivity contribution in [3.8, 4) is 0 Å². The molecule has 1 aromatic heterocycles. The van der Waals surface area contributed by atoms with Crippen molar-refractivity contribution < 1.29 is 4.42 Å². The quantitative estimate of drug-likeness (QED) is 0.515. The number of hydrogen-bond donors (Lipinski definition) is 0. The topological polar surface area (TPSA) is 13.1 Å². The van der Waals surface area contributed by atoms with Gasteiger partial charge in [-0.1, -0.05) is 23.8 Å². The zero-order chi connectivity index (χ0) is 9.54. The van der Waals surface area contributed by atoms with Gasteiger partial charge in [0.15, 0.2) is 0 Å². The van der Waals surface area contributed by atoms with Gasteiger partial charge in [-0.25, -0.2) is 0 Å². The molecule has 0 saturated heterocycles. The van der Waals surface area contributed by atoms with E-state index in [1.54, 1.807) is 0 Å². The summed E-state index contributed by atoms with van der Waals surface area (Å²) in [4.78, 5) is 0. The van der Waals surface area contributed by atoms with Crippen molar-refractivity contribution in [1.82, 2.24) is 0 Å². The molecule has 67 valence electrons. The van der Waals surface area contributed by atoms with E-state index in [9.17, 15) is 0 Å². The summed E-state index contributed by atoms with van der Waals surface area (Å²) in [5, 5.41) is 2.23. The first-order valence-electron chi connectivity index (χ1n) is 4.64. The predicted molar refractivity (Wildman–Crippen MR) is 57.3 cm³/mol. The molecule has 1 heteroatoms. The van der Waals surface area contributed by atoms with Crippen LogP contribution in [0.4, 0.5) is 0 Å². The molecule has 0 spiro atoms. The van der Waals surface area contributed by atoms with Gasteiger partial charge < -0.3 is 4.42 Å². The molecule has 0 fully saturated rings. The Hall–Kier alpha value is -1.76. The highest BCUT2D eigenvalue weighted by molar-refractivity contribution is 6.04. The van der Waals surface area contributed by atoms with Gasteiger partial charge in [-0.15, -0.1) is 0 Å². The third-order valence-electron chi connectivity index (χ3n) is 2.44. The molecule has 0 N–H and O–H groups in total. The zero-order valence-corrected chi connectivity index (χ0v) is 7.87. The molecule has 1 radical (unpaired) electrons. The number of benzene rings is 2. The number of hydrogen-bond acceptors (Lipinski definition) is 1. The molecule has 1 heterocycles. The SMILES string of the molecule is Cc1ccc2oc3ccc[c]c3c2c1. The first-order valence-corrected chi connectivity index (χ1v) is 4.64. The van der Waals surface area contributed by atoms with Gasteiger partial charge in [-0.05, 0) is 31.2 Å². The lowest BCUT2D eigenvalue weighted by atomic mass is 10.1. The number of aryl methyl sites for hydroxylation is 1. The van der Waals surface area contributed by atoms with Crippen LogP contribution in [0.2, 0.25) is 0 Å². The Balaban J connectivity index is 2.58. The van der Waals surface area contributed by atoms with Gasteiger partial charge in [0.25, 0.3) is 0 Å². The van der Waals surface area contributed by atoms with E-state index < -0.39 is 0 Å². The van der Waals surface area contributed by atoms with Gasteiger partial charge in [-0.2, -0.15) is 0 Å². The first-order chi connectivity index (χ1) is 6.84. The molecule has 0 saturated carbocycles. The Bertz CT molecular complexity index is 605. The summed E-state index contributed by atoms with van der Waals surface area (Å²) in [6, 6.07) is 15.2. The van der Waals surface area contributed by atoms with Crippen LogP contribution in [0.3, 0.4) is 0 Å². The monoisotopic (exact) mass is 181 g/mol. The lowest BCUT2D eigenvalue weighted by Gasteiger charge is -1.90. The number of fused-ring (bicyclic) bond motifs is 3. The molecule has 2 aromatic carbocycles. The minimum absolute atomic E-state index is 0.910. The molecular formula is C13H9O. The fourth-order valence-electron chi connectivity index (χ4n) is 1.76. The Morgan fingerprint density at radius 3 is 3.00 bits per heavy atom. The van der Waals surface area contributed by atoms with Crippen LogP contribution in [0.15, 0.2) is 40.8 Å². The van der Waals surface area contributed by atoms with Crippen molar-refractivity contribution in [2.24, 2.45) is 0 Å². The van der Waals surface area contributed by atoms with Gasteiger partial charge in [0.1, 0.15) is 11.2 Å². The van der Waals surface area contributed by atoms with E-state index in [4.69, 9.17) is 4.42 Å². The standard InChI is InChI=1S/C13H9O/c1-9-6-7-13-11(8-9)10-4-2-3-5-12(10)14-13/h2-3,5-8H,1H3. The van der Waals surface area contributed by atoms with Gasteiger partial charge in [0.2, 0.25) is 0 Å². The Kier molecular flexibility index (Phi) is 1.42. The summed E-state index contributed by atoms with van der Waals surface area (Å²) in [6.07, 6.45) is 0. The van der Waals surface area contributed by atoms with E-state index in [2.05, 4.69) is 25.1 Å². The Labute approximate surface area is 82.0 Å². The predicted octanol–water partition coefficient (Wildman–Crippen LogP) is 3.69. The molecule has 14 heavy (non-hydrogen) atoms. The van der Waals surface area contributed by atoms with Crippen molar-refractivity contribution in [2.75, 3.05) is 0 Å². The largest absolute Gasteiger partial charge is 0.456 e. The van der Waals surface area contributed by atoms with E-state index in [1.807, 2.05) is 24.3 Å². The number of furan rings is 1. The Morgan fingerprint density at radius 2 is 2.07 bits per heavy atom. The van der Waals surface area contributed by atoms with Crippen LogP contribution in [0.1, 0.15) is 5.56 Å². The second-order valence-corrected chi connectivity index (χ2v) is 3.51. The van der Waals surface area contributed by atoms with E-state index >= 15 is 0 Å². The maximum Gasteiger partial charge on any atom is 0.136 e. The minimum atomic E-state index is 0.910. The molecule has 0 atom stereocenters. The smallest absolute Gasteiger partial charge is 0.136 e. The molecule has 0 aliphatic heterocycles. The maximum atomic E-state index is 5.68. The molecule has 3 aromatic rings. The third kappa shape index (κ3) is 0.956. The molecule has 0 bridgehead atoms. The molecule has 3 rings (SSSR count). The van der Waals surface area contributed by atoms with E-state index in [0.29, 0.717) is 0 Å². The van der Waals surface area contributed by atoms with Crippen LogP contribution in [0.5, 0.6) is 0 Å². The fourth-order valence-corrected chi connectivity index (χ4v) is 1.76. The van der Waals surface area contributed by atoms with Crippen LogP contribution >= 0.6 is 0 Å². The minimum Gasteiger partial charge on any atom is -0.456 e. The van der Waals surface area contributed by atoms with Crippen LogP contribution in [-0.4, -0.2) is 0 Å². The average molecular weight is 181 g/mol. The zero-order valence-electron chi connectivity index (χ0n) is 7.87. The summed E-state index contributed by atoms with van der Waals surface area (Å²) < 4.78 is 5.68. The van der Waals surface area contributed by atoms with Crippen LogP contribution in [-0.2, 0) is 0 Å². The van der Waals surface area contributed by atoms with Crippen molar-refractivity contribution in [1.29, 1.82) is 0 Å². The van der Waals surface area contributed by atoms with Crippen LogP contribution < -0.4 is 0 Å². The van der Waals surface area contributed by atoms with E-state index in [0.717, 1.165) is 21.9 Å². The number of rotatable bonds is 0. The second kappa shape index (κ2) is 2.61. The van der Waals surface area contributed by atoms with Crippen LogP contribution in [0.25, 0.3) is 21.9 Å². The lowest BCUT2D eigenvalue weighted by molar-refractivity contribution is 0.669. The molecular weight excluding hydrogens is 172 g/mol. The van der Waals surface area contributed by atoms with Crippen LogP contribution in [0, 0.1) is 13.0 Å². The lowest BCUT2D eigenvalue weighted by Crippen LogP contribution is -1.70. The first kappa shape index (κ1) is 7.63. The molecule has 0 amide bonds. The average Bonchev–Trinajstić information content (AvgIpc) is 2.56. The second-order valence-electron chi connectivity index (χ2n) is 3.51. The summed E-state index contributed by atoms with van der Waals surface area (Å²) in [7, 11) is 0. The highest BCUT2D eigenvalue weighted by Crippen LogP contribution is 2.28. The van der Waals surface area contributed by atoms with Gasteiger partial charge in [0, 0.05) is 10.8 Å². The normalized spacial score (nSPS) is 11.2. The summed E-state index contributed by atoms with van der Waals surface area (Å²) in [6.45, 7) is 2.08. The van der Waals surface area contributed by atoms with Crippen molar-refractivity contribution in [3.05, 3.63) is 48.0 Å². The van der Waals surface area contributed by atoms with E-state index in [-0.39, 0.29) is 0 Å². The molecule has 1 nitrogen and oxygen atoms in total. The molecule has 0 aliphatic carbocycles. The van der Waals surface area contributed by atoms with E-state index in [1.165, 1.54) is 5.56 Å². The molecule has 0 unspecified atom stereocenters. The maximum absolute atomic E-state index is 5.68. The van der Waals surface area contributed by atoms with Crippen molar-refractivity contribution in [3.63, 3.8) is 0 Å². The highest BCUT2D eigenvalue weighted by atomic mass is 16.3. The molecule has 0 aliphatic rings.